The number of allylic oxidation sites excluding steroid dienone is 1. The predicted molar refractivity (Wildman–Crippen MR) is 133 cm³/mol. The summed E-state index contributed by atoms with van der Waals surface area (Å²) in [5.41, 5.74) is 0.732. The van der Waals surface area contributed by atoms with Gasteiger partial charge in [-0.25, -0.2) is 14.4 Å². The number of carboxylic acid groups (broad SMARTS) is 2. The minimum absolute atomic E-state index is 0.0797. The Hall–Kier alpha value is -4.02. The zero-order valence-electron chi connectivity index (χ0n) is 21.0. The van der Waals surface area contributed by atoms with Gasteiger partial charge < -0.3 is 54.9 Å². The second kappa shape index (κ2) is 11.6. The number of hydrogen-bond acceptors (Lipinski definition) is 13. The number of hydrogen-bond donors (Lipinski definition) is 7. The Morgan fingerprint density at radius 1 is 1.12 bits per heavy atom. The number of carbonyl (C=O) groups is 3. The highest BCUT2D eigenvalue weighted by molar-refractivity contribution is 6.41. The van der Waals surface area contributed by atoms with E-state index in [9.17, 15) is 50.1 Å². The quantitative estimate of drug-likeness (QED) is 0.174. The third-order valence-electron chi connectivity index (χ3n) is 6.75. The number of rotatable bonds is 8. The van der Waals surface area contributed by atoms with Gasteiger partial charge in [0.05, 0.1) is 13.7 Å². The number of benzene rings is 1. The number of methoxy groups -OCH3 is 1. The van der Waals surface area contributed by atoms with Crippen molar-refractivity contribution >= 4 is 29.3 Å². The van der Waals surface area contributed by atoms with Crippen LogP contribution in [0.3, 0.4) is 0 Å². The molecule has 40 heavy (non-hydrogen) atoms. The molecule has 3 aliphatic rings. The van der Waals surface area contributed by atoms with E-state index < -0.39 is 78.8 Å². The minimum atomic E-state index is -1.72. The number of aliphatic carboxylic acids is 2. The average Bonchev–Trinajstić information content (AvgIpc) is 3.28. The number of phenols is 1. The average molecular weight is 565 g/mol. The molecule has 1 aromatic carbocycles. The standard InChI is InChI=1S/C25H28N2O13/c1-38-24(37)15-6-11-7-17(39-25-21(32)20(31)19(30)18(9-28)40-25)16(29)8-14(11)27(15)3-2-10-4-12(22(33)34)26-13(5-10)23(35)36/h2-4,7-8,13,15,18-21,25,28-32H,5-6,9H2,1H3,(H,33,34)(H,35,36)/b3-2+/t13-,15-,18+,19+,20-,21+,25+/m0/s1. The molecule has 0 saturated carbocycles. The number of dihydropyridines is 1. The molecule has 1 saturated heterocycles. The van der Waals surface area contributed by atoms with Crippen molar-refractivity contribution in [1.29, 1.82) is 0 Å². The highest BCUT2D eigenvalue weighted by Crippen LogP contribution is 2.42. The molecule has 0 spiro atoms. The summed E-state index contributed by atoms with van der Waals surface area (Å²) in [4.78, 5) is 40.6. The lowest BCUT2D eigenvalue weighted by Crippen LogP contribution is -2.60. The first-order valence-electron chi connectivity index (χ1n) is 12.1. The summed E-state index contributed by atoms with van der Waals surface area (Å²) in [5, 5.41) is 68.9. The molecule has 216 valence electrons. The molecule has 15 heteroatoms. The van der Waals surface area contributed by atoms with Crippen LogP contribution in [0.4, 0.5) is 5.69 Å². The van der Waals surface area contributed by atoms with Crippen molar-refractivity contribution in [2.24, 2.45) is 4.99 Å². The summed E-state index contributed by atoms with van der Waals surface area (Å²) in [7, 11) is 1.19. The molecule has 7 N–H and O–H groups in total. The Kier molecular flexibility index (Phi) is 8.41. The summed E-state index contributed by atoms with van der Waals surface area (Å²) in [6.07, 6.45) is -3.73. The van der Waals surface area contributed by atoms with Gasteiger partial charge >= 0.3 is 17.9 Å². The molecule has 4 rings (SSSR count). The van der Waals surface area contributed by atoms with Gasteiger partial charge in [0.1, 0.15) is 36.2 Å². The summed E-state index contributed by atoms with van der Waals surface area (Å²) in [5.74, 6) is -3.95. The molecular formula is C25H28N2O13. The van der Waals surface area contributed by atoms with Gasteiger partial charge in [-0.3, -0.25) is 4.99 Å². The first-order valence-corrected chi connectivity index (χ1v) is 12.1. The molecule has 1 fully saturated rings. The van der Waals surface area contributed by atoms with Gasteiger partial charge in [-0.15, -0.1) is 0 Å². The molecule has 0 unspecified atom stereocenters. The zero-order chi connectivity index (χ0) is 29.3. The number of carboxylic acids is 2. The van der Waals surface area contributed by atoms with Gasteiger partial charge in [0, 0.05) is 30.8 Å². The Balaban J connectivity index is 1.63. The van der Waals surface area contributed by atoms with E-state index in [1.807, 2.05) is 0 Å². The van der Waals surface area contributed by atoms with Crippen LogP contribution in [0, 0.1) is 0 Å². The smallest absolute Gasteiger partial charge is 0.354 e. The number of aliphatic hydroxyl groups is 4. The fourth-order valence-corrected chi connectivity index (χ4v) is 4.64. The number of aliphatic imine (C=N–C) groups is 1. The van der Waals surface area contributed by atoms with Crippen LogP contribution >= 0.6 is 0 Å². The van der Waals surface area contributed by atoms with Crippen molar-refractivity contribution in [3.63, 3.8) is 0 Å². The van der Waals surface area contributed by atoms with Gasteiger partial charge in [0.25, 0.3) is 0 Å². The Morgan fingerprint density at radius 3 is 2.48 bits per heavy atom. The molecule has 0 radical (unpaired) electrons. The number of carbonyl (C=O) groups excluding carboxylic acids is 1. The SMILES string of the molecule is COC(=O)[C@@H]1Cc2cc(O[C@@H]3O[C@H](CO)[C@@H](O)[C@H](O)[C@H]3O)c(O)cc2N1/C=C/C1=CC(C(=O)O)=N[C@H](C(=O)O)C1. The number of anilines is 1. The highest BCUT2D eigenvalue weighted by atomic mass is 16.7. The minimum Gasteiger partial charge on any atom is -0.504 e. The molecule has 3 aliphatic heterocycles. The summed E-state index contributed by atoms with van der Waals surface area (Å²) < 4.78 is 15.8. The van der Waals surface area contributed by atoms with E-state index in [0.29, 0.717) is 16.8 Å². The maximum atomic E-state index is 12.6. The van der Waals surface area contributed by atoms with Crippen LogP contribution in [0.25, 0.3) is 0 Å². The molecule has 1 aromatic rings. The van der Waals surface area contributed by atoms with Gasteiger partial charge in [-0.1, -0.05) is 0 Å². The lowest BCUT2D eigenvalue weighted by molar-refractivity contribution is -0.277. The normalized spacial score (nSPS) is 29.9. The predicted octanol–water partition coefficient (Wildman–Crippen LogP) is -1.70. The summed E-state index contributed by atoms with van der Waals surface area (Å²) in [6, 6.07) is 0.432. The number of ether oxygens (including phenoxy) is 3. The number of fused-ring (bicyclic) bond motifs is 1. The van der Waals surface area contributed by atoms with Crippen LogP contribution in [0.15, 0.2) is 41.1 Å². The van der Waals surface area contributed by atoms with Gasteiger partial charge in [-0.05, 0) is 29.4 Å². The van der Waals surface area contributed by atoms with Crippen LogP contribution in [0.1, 0.15) is 12.0 Å². The van der Waals surface area contributed by atoms with Crippen LogP contribution in [-0.2, 0) is 30.3 Å². The zero-order valence-corrected chi connectivity index (χ0v) is 21.0. The van der Waals surface area contributed by atoms with Crippen molar-refractivity contribution < 1.29 is 64.3 Å². The largest absolute Gasteiger partial charge is 0.504 e. The van der Waals surface area contributed by atoms with Gasteiger partial charge in [0.2, 0.25) is 6.29 Å². The van der Waals surface area contributed by atoms with E-state index in [2.05, 4.69) is 4.99 Å². The fourth-order valence-electron chi connectivity index (χ4n) is 4.64. The Labute approximate surface area is 226 Å². The van der Waals surface area contributed by atoms with Crippen LogP contribution in [0.2, 0.25) is 0 Å². The number of nitrogens with zero attached hydrogens (tertiary/aromatic N) is 2. The highest BCUT2D eigenvalue weighted by Gasteiger charge is 2.45. The van der Waals surface area contributed by atoms with E-state index in [1.165, 1.54) is 42.5 Å². The van der Waals surface area contributed by atoms with E-state index in [-0.39, 0.29) is 18.6 Å². The molecule has 15 nitrogen and oxygen atoms in total. The Morgan fingerprint density at radius 2 is 1.85 bits per heavy atom. The van der Waals surface area contributed by atoms with E-state index in [0.717, 1.165) is 0 Å². The lowest BCUT2D eigenvalue weighted by Gasteiger charge is -2.39. The maximum Gasteiger partial charge on any atom is 0.354 e. The first-order chi connectivity index (χ1) is 18.9. The summed E-state index contributed by atoms with van der Waals surface area (Å²) in [6.45, 7) is -0.674. The molecule has 0 aliphatic carbocycles. The van der Waals surface area contributed by atoms with Gasteiger partial charge in [0.15, 0.2) is 17.5 Å². The van der Waals surface area contributed by atoms with Crippen LogP contribution in [-0.4, -0.2) is 116 Å². The molecular weight excluding hydrogens is 536 g/mol. The molecule has 0 bridgehead atoms. The van der Waals surface area contributed by atoms with Crippen molar-refractivity contribution in [3.05, 3.63) is 41.6 Å². The molecule has 0 aromatic heterocycles. The number of phenolic OH excluding ortho intramolecular Hbond substituents is 1. The monoisotopic (exact) mass is 564 g/mol. The van der Waals surface area contributed by atoms with Crippen LogP contribution < -0.4 is 9.64 Å². The second-order valence-corrected chi connectivity index (χ2v) is 9.33. The summed E-state index contributed by atoms with van der Waals surface area (Å²) >= 11 is 0. The second-order valence-electron chi connectivity index (χ2n) is 9.33. The van der Waals surface area contributed by atoms with Crippen molar-refractivity contribution in [2.75, 3.05) is 18.6 Å². The molecule has 7 atom stereocenters. The van der Waals surface area contributed by atoms with Gasteiger partial charge in [-0.2, -0.15) is 0 Å². The molecule has 0 amide bonds. The topological polar surface area (TPSA) is 236 Å². The van der Waals surface area contributed by atoms with E-state index in [4.69, 9.17) is 14.2 Å². The van der Waals surface area contributed by atoms with E-state index >= 15 is 0 Å². The third-order valence-corrected chi connectivity index (χ3v) is 6.75. The van der Waals surface area contributed by atoms with Crippen molar-refractivity contribution in [3.8, 4) is 11.5 Å². The van der Waals surface area contributed by atoms with E-state index in [1.54, 1.807) is 0 Å². The fraction of sp³-hybridized carbons (Fsp3) is 0.440. The number of aromatic hydroxyl groups is 1. The number of esters is 1. The third kappa shape index (κ3) is 5.64. The number of aliphatic hydroxyl groups excluding tert-OH is 4. The Bertz CT molecular complexity index is 1270. The van der Waals surface area contributed by atoms with Crippen molar-refractivity contribution in [2.45, 2.75) is 55.6 Å². The van der Waals surface area contributed by atoms with Crippen molar-refractivity contribution in [1.82, 2.24) is 0 Å². The molecule has 3 heterocycles. The maximum absolute atomic E-state index is 12.6. The first kappa shape index (κ1) is 29.0. The lowest BCUT2D eigenvalue weighted by atomic mass is 9.99. The van der Waals surface area contributed by atoms with Crippen LogP contribution in [0.5, 0.6) is 11.5 Å².